The van der Waals surface area contributed by atoms with E-state index in [-0.39, 0.29) is 12.5 Å². The molecular formula is C17H17BrN2O3. The van der Waals surface area contributed by atoms with Crippen molar-refractivity contribution >= 4 is 28.1 Å². The normalized spacial score (nSPS) is 10.5. The molecule has 0 unspecified atom stereocenters. The Hall–Kier alpha value is -2.34. The van der Waals surface area contributed by atoms with Crippen LogP contribution in [0.2, 0.25) is 0 Å². The van der Waals surface area contributed by atoms with Crippen molar-refractivity contribution in [1.29, 1.82) is 0 Å². The lowest BCUT2D eigenvalue weighted by Crippen LogP contribution is -2.24. The van der Waals surface area contributed by atoms with Gasteiger partial charge < -0.3 is 9.47 Å². The molecule has 0 aliphatic rings. The highest BCUT2D eigenvalue weighted by Gasteiger charge is 2.01. The fourth-order valence-electron chi connectivity index (χ4n) is 1.73. The van der Waals surface area contributed by atoms with E-state index < -0.39 is 0 Å². The van der Waals surface area contributed by atoms with Gasteiger partial charge in [-0.2, -0.15) is 5.10 Å². The van der Waals surface area contributed by atoms with E-state index in [2.05, 4.69) is 26.5 Å². The third kappa shape index (κ3) is 6.12. The first kappa shape index (κ1) is 17.0. The minimum Gasteiger partial charge on any atom is -0.494 e. The van der Waals surface area contributed by atoms with E-state index in [0.717, 1.165) is 15.8 Å². The van der Waals surface area contributed by atoms with E-state index in [1.807, 2.05) is 43.3 Å². The van der Waals surface area contributed by atoms with Gasteiger partial charge in [0.25, 0.3) is 5.91 Å². The summed E-state index contributed by atoms with van der Waals surface area (Å²) in [6.45, 7) is 2.46. The van der Waals surface area contributed by atoms with Gasteiger partial charge in [0.15, 0.2) is 6.61 Å². The average Bonchev–Trinajstić information content (AvgIpc) is 2.55. The Morgan fingerprint density at radius 2 is 1.96 bits per heavy atom. The monoisotopic (exact) mass is 376 g/mol. The van der Waals surface area contributed by atoms with Crippen molar-refractivity contribution < 1.29 is 14.3 Å². The molecule has 0 fully saturated rings. The zero-order valence-electron chi connectivity index (χ0n) is 12.7. The fourth-order valence-corrected chi connectivity index (χ4v) is 2.11. The number of carbonyl (C=O) groups excluding carboxylic acids is 1. The van der Waals surface area contributed by atoms with Crippen LogP contribution in [0.5, 0.6) is 11.5 Å². The van der Waals surface area contributed by atoms with Crippen LogP contribution in [0.25, 0.3) is 0 Å². The number of hydrogen-bond donors (Lipinski definition) is 1. The molecule has 0 aliphatic carbocycles. The van der Waals surface area contributed by atoms with Gasteiger partial charge in [0, 0.05) is 4.47 Å². The quantitative estimate of drug-likeness (QED) is 0.595. The van der Waals surface area contributed by atoms with Crippen LogP contribution < -0.4 is 14.9 Å². The summed E-state index contributed by atoms with van der Waals surface area (Å²) in [6.07, 6.45) is 1.56. The van der Waals surface area contributed by atoms with Crippen molar-refractivity contribution in [3.63, 3.8) is 0 Å². The van der Waals surface area contributed by atoms with E-state index in [1.165, 1.54) is 0 Å². The van der Waals surface area contributed by atoms with Crippen LogP contribution in [-0.2, 0) is 4.79 Å². The second-order valence-electron chi connectivity index (χ2n) is 4.54. The van der Waals surface area contributed by atoms with Crippen LogP contribution in [0.3, 0.4) is 0 Å². The van der Waals surface area contributed by atoms with Crippen LogP contribution in [0.4, 0.5) is 0 Å². The van der Waals surface area contributed by atoms with E-state index >= 15 is 0 Å². The summed E-state index contributed by atoms with van der Waals surface area (Å²) in [5, 5.41) is 3.89. The molecule has 0 aliphatic heterocycles. The predicted molar refractivity (Wildman–Crippen MR) is 93.0 cm³/mol. The van der Waals surface area contributed by atoms with Crippen LogP contribution in [0.15, 0.2) is 58.1 Å². The molecule has 0 bridgehead atoms. The van der Waals surface area contributed by atoms with Crippen molar-refractivity contribution in [2.24, 2.45) is 5.10 Å². The van der Waals surface area contributed by atoms with Crippen molar-refractivity contribution in [1.82, 2.24) is 5.43 Å². The number of benzene rings is 2. The number of ether oxygens (including phenoxy) is 2. The summed E-state index contributed by atoms with van der Waals surface area (Å²) in [5.41, 5.74) is 3.28. The average molecular weight is 377 g/mol. The number of halogens is 1. The first-order chi connectivity index (χ1) is 11.2. The van der Waals surface area contributed by atoms with Crippen LogP contribution >= 0.6 is 15.9 Å². The standard InChI is InChI=1S/C17H17BrN2O3/c1-2-22-15-8-6-13(7-9-15)11-19-20-17(21)12-23-16-5-3-4-14(18)10-16/h3-11H,2,12H2,1H3,(H,20,21)/b19-11+. The highest BCUT2D eigenvalue weighted by molar-refractivity contribution is 9.10. The van der Waals surface area contributed by atoms with Gasteiger partial charge in [-0.05, 0) is 55.0 Å². The molecule has 0 saturated carbocycles. The Balaban J connectivity index is 1.77. The number of rotatable bonds is 7. The lowest BCUT2D eigenvalue weighted by molar-refractivity contribution is -0.123. The predicted octanol–water partition coefficient (Wildman–Crippen LogP) is 3.38. The molecular weight excluding hydrogens is 360 g/mol. The molecule has 2 aromatic carbocycles. The third-order valence-corrected chi connectivity index (χ3v) is 3.25. The maximum Gasteiger partial charge on any atom is 0.277 e. The van der Waals surface area contributed by atoms with Crippen molar-refractivity contribution in [2.45, 2.75) is 6.92 Å². The van der Waals surface area contributed by atoms with E-state index in [9.17, 15) is 4.79 Å². The molecule has 0 radical (unpaired) electrons. The second kappa shape index (κ2) is 8.95. The minimum absolute atomic E-state index is 0.100. The van der Waals surface area contributed by atoms with Gasteiger partial charge >= 0.3 is 0 Å². The van der Waals surface area contributed by atoms with E-state index in [4.69, 9.17) is 9.47 Å². The SMILES string of the molecule is CCOc1ccc(/C=N/NC(=O)COc2cccc(Br)c2)cc1. The van der Waals surface area contributed by atoms with Crippen LogP contribution in [0, 0.1) is 0 Å². The van der Waals surface area contributed by atoms with Crippen molar-refractivity contribution in [2.75, 3.05) is 13.2 Å². The lowest BCUT2D eigenvalue weighted by Gasteiger charge is -2.05. The summed E-state index contributed by atoms with van der Waals surface area (Å²) >= 11 is 3.34. The maximum absolute atomic E-state index is 11.6. The Kier molecular flexibility index (Phi) is 6.62. The third-order valence-electron chi connectivity index (χ3n) is 2.76. The Morgan fingerprint density at radius 3 is 2.65 bits per heavy atom. The summed E-state index contributed by atoms with van der Waals surface area (Å²) in [7, 11) is 0. The smallest absolute Gasteiger partial charge is 0.277 e. The Bertz CT molecular complexity index is 672. The van der Waals surface area contributed by atoms with Crippen LogP contribution in [-0.4, -0.2) is 25.3 Å². The summed E-state index contributed by atoms with van der Waals surface area (Å²) in [6, 6.07) is 14.7. The zero-order chi connectivity index (χ0) is 16.5. The maximum atomic E-state index is 11.6. The number of nitrogens with zero attached hydrogens (tertiary/aromatic N) is 1. The van der Waals surface area contributed by atoms with Crippen molar-refractivity contribution in [3.8, 4) is 11.5 Å². The van der Waals surface area contributed by atoms with E-state index in [0.29, 0.717) is 12.4 Å². The van der Waals surface area contributed by atoms with Gasteiger partial charge in [0.1, 0.15) is 11.5 Å². The molecule has 0 heterocycles. The minimum atomic E-state index is -0.327. The molecule has 0 saturated heterocycles. The van der Waals surface area contributed by atoms with Gasteiger partial charge in [-0.15, -0.1) is 0 Å². The molecule has 23 heavy (non-hydrogen) atoms. The van der Waals surface area contributed by atoms with Gasteiger partial charge in [-0.1, -0.05) is 22.0 Å². The molecule has 0 aromatic heterocycles. The largest absolute Gasteiger partial charge is 0.494 e. The molecule has 1 amide bonds. The summed E-state index contributed by atoms with van der Waals surface area (Å²) in [4.78, 5) is 11.6. The van der Waals surface area contributed by atoms with Gasteiger partial charge in [-0.25, -0.2) is 5.43 Å². The van der Waals surface area contributed by atoms with Gasteiger partial charge in [-0.3, -0.25) is 4.79 Å². The Morgan fingerprint density at radius 1 is 1.17 bits per heavy atom. The highest BCUT2D eigenvalue weighted by Crippen LogP contribution is 2.17. The topological polar surface area (TPSA) is 59.9 Å². The number of nitrogens with one attached hydrogen (secondary N) is 1. The summed E-state index contributed by atoms with van der Waals surface area (Å²) < 4.78 is 11.6. The molecule has 0 spiro atoms. The molecule has 1 N–H and O–H groups in total. The highest BCUT2D eigenvalue weighted by atomic mass is 79.9. The number of carbonyl (C=O) groups is 1. The van der Waals surface area contributed by atoms with Gasteiger partial charge in [0.05, 0.1) is 12.8 Å². The lowest BCUT2D eigenvalue weighted by atomic mass is 10.2. The number of hydrazone groups is 1. The fraction of sp³-hybridized carbons (Fsp3) is 0.176. The molecule has 2 rings (SSSR count). The first-order valence-corrected chi connectivity index (χ1v) is 7.90. The number of amides is 1. The zero-order valence-corrected chi connectivity index (χ0v) is 14.2. The Labute approximate surface area is 143 Å². The van der Waals surface area contributed by atoms with Crippen molar-refractivity contribution in [3.05, 3.63) is 58.6 Å². The number of hydrogen-bond acceptors (Lipinski definition) is 4. The van der Waals surface area contributed by atoms with Crippen LogP contribution in [0.1, 0.15) is 12.5 Å². The van der Waals surface area contributed by atoms with Gasteiger partial charge in [0.2, 0.25) is 0 Å². The second-order valence-corrected chi connectivity index (χ2v) is 5.46. The summed E-state index contributed by atoms with van der Waals surface area (Å²) in [5.74, 6) is 1.09. The molecule has 0 atom stereocenters. The first-order valence-electron chi connectivity index (χ1n) is 7.10. The van der Waals surface area contributed by atoms with E-state index in [1.54, 1.807) is 18.3 Å². The molecule has 6 heteroatoms. The molecule has 5 nitrogen and oxygen atoms in total. The molecule has 120 valence electrons. The molecule has 2 aromatic rings.